The van der Waals surface area contributed by atoms with Gasteiger partial charge in [-0.25, -0.2) is 4.39 Å². The first-order valence-corrected chi connectivity index (χ1v) is 15.3. The quantitative estimate of drug-likeness (QED) is 0.120. The minimum absolute atomic E-state index is 0.0729. The number of ether oxygens (including phenoxy) is 3. The molecule has 9 nitrogen and oxygen atoms in total. The van der Waals surface area contributed by atoms with Gasteiger partial charge in [0.2, 0.25) is 5.16 Å². The maximum atomic E-state index is 14.1. The van der Waals surface area contributed by atoms with Crippen LogP contribution in [-0.4, -0.2) is 73.1 Å². The number of thioether (sulfide) groups is 1. The molecule has 1 saturated heterocycles. The van der Waals surface area contributed by atoms with Gasteiger partial charge in [0.25, 0.3) is 0 Å². The van der Waals surface area contributed by atoms with Crippen molar-refractivity contribution < 1.29 is 23.4 Å². The molecule has 3 aromatic carbocycles. The zero-order chi connectivity index (χ0) is 31.3. The molecular formula is C33H36FN5O4S. The van der Waals surface area contributed by atoms with E-state index in [9.17, 15) is 9.18 Å². The van der Waals surface area contributed by atoms with E-state index >= 15 is 0 Å². The zero-order valence-electron chi connectivity index (χ0n) is 25.5. The number of Topliss-reactive ketones (excluding diaryl/α,β-unsaturated/α-hetero) is 1. The van der Waals surface area contributed by atoms with Gasteiger partial charge in [-0.3, -0.25) is 4.79 Å². The number of hydrogen-bond acceptors (Lipinski definition) is 9. The second-order valence-corrected chi connectivity index (χ2v) is 12.2. The summed E-state index contributed by atoms with van der Waals surface area (Å²) in [5.41, 5.74) is 3.47. The first kappa shape index (κ1) is 31.2. The number of hydrogen-bond donors (Lipinski definition) is 0. The second-order valence-electron chi connectivity index (χ2n) is 11.3. The van der Waals surface area contributed by atoms with Crippen LogP contribution in [0.2, 0.25) is 0 Å². The molecule has 5 rings (SSSR count). The van der Waals surface area contributed by atoms with Crippen molar-refractivity contribution in [2.45, 2.75) is 31.3 Å². The Labute approximate surface area is 261 Å². The number of halogens is 1. The molecule has 11 heteroatoms. The lowest BCUT2D eigenvalue weighted by atomic mass is 9.84. The predicted octanol–water partition coefficient (Wildman–Crippen LogP) is 6.09. The number of methoxy groups -OCH3 is 2. The Balaban J connectivity index is 1.47. The van der Waals surface area contributed by atoms with E-state index < -0.39 is 5.82 Å². The van der Waals surface area contributed by atoms with Crippen LogP contribution in [0.4, 0.5) is 10.1 Å². The van der Waals surface area contributed by atoms with Gasteiger partial charge >= 0.3 is 0 Å². The van der Waals surface area contributed by atoms with Crippen LogP contribution in [0, 0.1) is 5.82 Å². The molecular weight excluding hydrogens is 581 g/mol. The van der Waals surface area contributed by atoms with Crippen molar-refractivity contribution in [3.63, 3.8) is 0 Å². The highest BCUT2D eigenvalue weighted by Gasteiger charge is 2.27. The lowest BCUT2D eigenvalue weighted by Crippen LogP contribution is -2.37. The van der Waals surface area contributed by atoms with Gasteiger partial charge in [0.05, 0.1) is 45.1 Å². The van der Waals surface area contributed by atoms with Crippen LogP contribution in [0.5, 0.6) is 11.5 Å². The molecule has 0 radical (unpaired) electrons. The maximum absolute atomic E-state index is 14.1. The molecule has 4 aromatic rings. The lowest BCUT2D eigenvalue weighted by molar-refractivity contribution is 0.102. The number of morpholine rings is 1. The highest BCUT2D eigenvalue weighted by atomic mass is 32.2. The molecule has 1 aliphatic rings. The molecule has 0 unspecified atom stereocenters. The summed E-state index contributed by atoms with van der Waals surface area (Å²) in [5.74, 6) is 1.44. The third-order valence-electron chi connectivity index (χ3n) is 7.20. The summed E-state index contributed by atoms with van der Waals surface area (Å²) in [4.78, 5) is 16.0. The Bertz CT molecular complexity index is 1660. The Kier molecular flexibility index (Phi) is 9.65. The van der Waals surface area contributed by atoms with Crippen LogP contribution in [0.3, 0.4) is 0 Å². The van der Waals surface area contributed by atoms with Gasteiger partial charge in [-0.1, -0.05) is 56.8 Å². The molecule has 44 heavy (non-hydrogen) atoms. The van der Waals surface area contributed by atoms with E-state index in [2.05, 4.69) is 41.0 Å². The van der Waals surface area contributed by atoms with E-state index in [4.69, 9.17) is 14.2 Å². The second kappa shape index (κ2) is 13.6. The summed E-state index contributed by atoms with van der Waals surface area (Å²) in [5, 5.41) is 13.7. The molecule has 0 amide bonds. The molecule has 1 aromatic heterocycles. The predicted molar refractivity (Wildman–Crippen MR) is 171 cm³/mol. The number of anilines is 1. The first-order chi connectivity index (χ1) is 21.2. The molecule has 0 bridgehead atoms. The number of carbonyl (C=O) groups excluding carboxylic acids is 1. The minimum atomic E-state index is -0.400. The smallest absolute Gasteiger partial charge is 0.212 e. The van der Waals surface area contributed by atoms with Crippen molar-refractivity contribution >= 4 is 29.4 Å². The van der Waals surface area contributed by atoms with Gasteiger partial charge in [0.1, 0.15) is 17.3 Å². The molecule has 0 N–H and O–H groups in total. The minimum Gasteiger partial charge on any atom is -0.497 e. The van der Waals surface area contributed by atoms with Gasteiger partial charge in [0, 0.05) is 29.8 Å². The van der Waals surface area contributed by atoms with Gasteiger partial charge in [-0.2, -0.15) is 9.78 Å². The van der Waals surface area contributed by atoms with Gasteiger partial charge < -0.3 is 19.1 Å². The van der Waals surface area contributed by atoms with Crippen LogP contribution in [-0.2, 0) is 10.2 Å². The monoisotopic (exact) mass is 617 g/mol. The largest absolute Gasteiger partial charge is 0.497 e. The van der Waals surface area contributed by atoms with E-state index in [1.54, 1.807) is 32.6 Å². The standard InChI is InChI=1S/C33H36FN5O4S/c1-33(2,3)27-18-24(19-28(30(27)42-5)38-12-14-43-15-13-38)29(40)21-44-32-37-36-31(23-9-7-10-25(34)17-23)39(32)35-20-22-8-6-11-26(16-22)41-4/h6-11,16-20H,12-15,21H2,1-5H3/b35-20+. The summed E-state index contributed by atoms with van der Waals surface area (Å²) in [7, 11) is 3.27. The summed E-state index contributed by atoms with van der Waals surface area (Å²) in [6, 6.07) is 17.4. The van der Waals surface area contributed by atoms with Gasteiger partial charge in [0.15, 0.2) is 11.6 Å². The van der Waals surface area contributed by atoms with Crippen LogP contribution < -0.4 is 14.4 Å². The van der Waals surface area contributed by atoms with Crippen LogP contribution in [0.25, 0.3) is 11.4 Å². The Morgan fingerprint density at radius 3 is 2.52 bits per heavy atom. The van der Waals surface area contributed by atoms with Crippen molar-refractivity contribution in [3.05, 3.63) is 83.2 Å². The molecule has 0 atom stereocenters. The average molecular weight is 618 g/mol. The Morgan fingerprint density at radius 2 is 1.82 bits per heavy atom. The fourth-order valence-electron chi connectivity index (χ4n) is 4.91. The van der Waals surface area contributed by atoms with Crippen molar-refractivity contribution in [2.24, 2.45) is 5.10 Å². The van der Waals surface area contributed by atoms with Gasteiger partial charge in [-0.05, 0) is 47.4 Å². The van der Waals surface area contributed by atoms with Crippen molar-refractivity contribution in [1.29, 1.82) is 0 Å². The molecule has 2 heterocycles. The molecule has 1 fully saturated rings. The maximum Gasteiger partial charge on any atom is 0.212 e. The van der Waals surface area contributed by atoms with E-state index in [0.29, 0.717) is 54.2 Å². The molecule has 0 saturated carbocycles. The summed E-state index contributed by atoms with van der Waals surface area (Å²) >= 11 is 1.22. The summed E-state index contributed by atoms with van der Waals surface area (Å²) < 4.78 is 32.4. The van der Waals surface area contributed by atoms with Crippen molar-refractivity contribution in [2.75, 3.05) is 51.2 Å². The number of benzene rings is 3. The highest BCUT2D eigenvalue weighted by molar-refractivity contribution is 7.99. The number of aromatic nitrogens is 3. The van der Waals surface area contributed by atoms with Crippen LogP contribution in [0.15, 0.2) is 70.9 Å². The van der Waals surface area contributed by atoms with E-state index in [-0.39, 0.29) is 17.0 Å². The molecule has 230 valence electrons. The molecule has 0 aliphatic carbocycles. The fraction of sp³-hybridized carbons (Fsp3) is 0.333. The third kappa shape index (κ3) is 7.11. The Hall–Kier alpha value is -4.22. The number of ketones is 1. The summed E-state index contributed by atoms with van der Waals surface area (Å²) in [6.45, 7) is 8.96. The summed E-state index contributed by atoms with van der Waals surface area (Å²) in [6.07, 6.45) is 1.65. The van der Waals surface area contributed by atoms with Gasteiger partial charge in [-0.15, -0.1) is 10.2 Å². The van der Waals surface area contributed by atoms with Crippen LogP contribution in [0.1, 0.15) is 42.3 Å². The van der Waals surface area contributed by atoms with E-state index in [1.807, 2.05) is 36.4 Å². The number of rotatable bonds is 10. The van der Waals surface area contributed by atoms with E-state index in [1.165, 1.54) is 28.6 Å². The molecule has 0 spiro atoms. The number of nitrogens with zero attached hydrogens (tertiary/aromatic N) is 5. The average Bonchev–Trinajstić information content (AvgIpc) is 3.44. The Morgan fingerprint density at radius 1 is 1.05 bits per heavy atom. The lowest BCUT2D eigenvalue weighted by Gasteiger charge is -2.33. The van der Waals surface area contributed by atoms with Crippen molar-refractivity contribution in [1.82, 2.24) is 14.9 Å². The normalized spacial score (nSPS) is 13.8. The highest BCUT2D eigenvalue weighted by Crippen LogP contribution is 2.41. The zero-order valence-corrected chi connectivity index (χ0v) is 26.4. The third-order valence-corrected chi connectivity index (χ3v) is 8.12. The SMILES string of the molecule is COc1cccc(/C=N/n2c(SCC(=O)c3cc(N4CCOCC4)c(OC)c(C(C)(C)C)c3)nnc2-c2cccc(F)c2)c1. The topological polar surface area (TPSA) is 91.1 Å². The molecule has 1 aliphatic heterocycles. The van der Waals surface area contributed by atoms with Crippen molar-refractivity contribution in [3.8, 4) is 22.9 Å². The fourth-order valence-corrected chi connectivity index (χ4v) is 5.69. The first-order valence-electron chi connectivity index (χ1n) is 14.3. The number of carbonyl (C=O) groups is 1. The van der Waals surface area contributed by atoms with E-state index in [0.717, 1.165) is 22.6 Å². The van der Waals surface area contributed by atoms with Crippen LogP contribution >= 0.6 is 11.8 Å².